The average molecular weight is 371 g/mol. The van der Waals surface area contributed by atoms with Crippen molar-refractivity contribution in [2.24, 2.45) is 0 Å². The third-order valence-corrected chi connectivity index (χ3v) is 4.08. The standard InChI is InChI=1S/C19H19ClN4O2/c1-25-16-8-7-14(11-17(16)26-2)23-19-21-10-9-18(24-19)22-12-13-5-3-4-6-15(13)20/h3-11H,12H2,1-2H3,(H2,21,22,23,24). The Balaban J connectivity index is 1.70. The van der Waals surface area contributed by atoms with Gasteiger partial charge in [0.05, 0.1) is 14.2 Å². The predicted molar refractivity (Wildman–Crippen MR) is 104 cm³/mol. The van der Waals surface area contributed by atoms with Gasteiger partial charge in [-0.3, -0.25) is 0 Å². The summed E-state index contributed by atoms with van der Waals surface area (Å²) in [6, 6.07) is 15.0. The first-order valence-electron chi connectivity index (χ1n) is 7.99. The van der Waals surface area contributed by atoms with Crippen LogP contribution in [0.5, 0.6) is 11.5 Å². The lowest BCUT2D eigenvalue weighted by Crippen LogP contribution is -2.04. The summed E-state index contributed by atoms with van der Waals surface area (Å²) in [5.74, 6) is 2.46. The van der Waals surface area contributed by atoms with Crippen LogP contribution in [0, 0.1) is 0 Å². The van der Waals surface area contributed by atoms with Crippen LogP contribution in [-0.2, 0) is 6.54 Å². The maximum absolute atomic E-state index is 6.18. The van der Waals surface area contributed by atoms with Gasteiger partial charge >= 0.3 is 0 Å². The Morgan fingerprint density at radius 2 is 1.81 bits per heavy atom. The number of benzene rings is 2. The molecule has 0 aliphatic rings. The molecule has 2 aromatic carbocycles. The second kappa shape index (κ2) is 8.40. The fourth-order valence-electron chi connectivity index (χ4n) is 2.39. The van der Waals surface area contributed by atoms with Crippen LogP contribution < -0.4 is 20.1 Å². The van der Waals surface area contributed by atoms with Crippen LogP contribution in [0.4, 0.5) is 17.5 Å². The third-order valence-electron chi connectivity index (χ3n) is 3.71. The fraction of sp³-hybridized carbons (Fsp3) is 0.158. The first kappa shape index (κ1) is 17.8. The molecule has 0 atom stereocenters. The molecule has 1 heterocycles. The molecule has 0 radical (unpaired) electrons. The van der Waals surface area contributed by atoms with E-state index in [2.05, 4.69) is 20.6 Å². The highest BCUT2D eigenvalue weighted by Crippen LogP contribution is 2.30. The van der Waals surface area contributed by atoms with Crippen molar-refractivity contribution in [1.82, 2.24) is 9.97 Å². The Hall–Kier alpha value is -2.99. The van der Waals surface area contributed by atoms with Gasteiger partial charge < -0.3 is 20.1 Å². The minimum absolute atomic E-state index is 0.473. The smallest absolute Gasteiger partial charge is 0.229 e. The molecule has 6 nitrogen and oxygen atoms in total. The van der Waals surface area contributed by atoms with Gasteiger partial charge in [0.1, 0.15) is 5.82 Å². The fourth-order valence-corrected chi connectivity index (χ4v) is 2.59. The van der Waals surface area contributed by atoms with E-state index in [1.54, 1.807) is 26.5 Å². The van der Waals surface area contributed by atoms with Crippen LogP contribution >= 0.6 is 11.6 Å². The monoisotopic (exact) mass is 370 g/mol. The molecule has 0 unspecified atom stereocenters. The molecule has 134 valence electrons. The van der Waals surface area contributed by atoms with E-state index in [0.29, 0.717) is 29.8 Å². The molecule has 26 heavy (non-hydrogen) atoms. The molecule has 3 rings (SSSR count). The Morgan fingerprint density at radius 1 is 1.00 bits per heavy atom. The van der Waals surface area contributed by atoms with Crippen molar-refractivity contribution >= 4 is 29.1 Å². The van der Waals surface area contributed by atoms with Crippen LogP contribution in [-0.4, -0.2) is 24.2 Å². The van der Waals surface area contributed by atoms with Crippen molar-refractivity contribution in [3.63, 3.8) is 0 Å². The van der Waals surface area contributed by atoms with Crippen LogP contribution in [0.1, 0.15) is 5.56 Å². The maximum Gasteiger partial charge on any atom is 0.229 e. The minimum Gasteiger partial charge on any atom is -0.493 e. The van der Waals surface area contributed by atoms with Gasteiger partial charge in [-0.15, -0.1) is 0 Å². The van der Waals surface area contributed by atoms with Crippen molar-refractivity contribution in [2.45, 2.75) is 6.54 Å². The van der Waals surface area contributed by atoms with Gasteiger partial charge in [0.2, 0.25) is 5.95 Å². The van der Waals surface area contributed by atoms with Crippen molar-refractivity contribution in [1.29, 1.82) is 0 Å². The molecule has 0 aliphatic heterocycles. The highest BCUT2D eigenvalue weighted by Gasteiger charge is 2.06. The highest BCUT2D eigenvalue weighted by molar-refractivity contribution is 6.31. The number of aromatic nitrogens is 2. The number of hydrogen-bond acceptors (Lipinski definition) is 6. The SMILES string of the molecule is COc1ccc(Nc2nccc(NCc3ccccc3Cl)n2)cc1OC. The van der Waals surface area contributed by atoms with Crippen molar-refractivity contribution in [3.8, 4) is 11.5 Å². The predicted octanol–water partition coefficient (Wildman–Crippen LogP) is 4.50. The van der Waals surface area contributed by atoms with E-state index in [4.69, 9.17) is 21.1 Å². The van der Waals surface area contributed by atoms with Gasteiger partial charge in [0, 0.05) is 29.5 Å². The summed E-state index contributed by atoms with van der Waals surface area (Å²) in [4.78, 5) is 8.71. The van der Waals surface area contributed by atoms with Gasteiger partial charge in [-0.05, 0) is 29.8 Å². The molecule has 0 amide bonds. The van der Waals surface area contributed by atoms with E-state index in [1.165, 1.54) is 0 Å². The van der Waals surface area contributed by atoms with E-state index in [-0.39, 0.29) is 0 Å². The Labute approximate surface area is 157 Å². The lowest BCUT2D eigenvalue weighted by molar-refractivity contribution is 0.355. The molecule has 0 bridgehead atoms. The van der Waals surface area contributed by atoms with Crippen molar-refractivity contribution < 1.29 is 9.47 Å². The number of rotatable bonds is 7. The Morgan fingerprint density at radius 3 is 2.58 bits per heavy atom. The molecule has 0 aliphatic carbocycles. The zero-order valence-electron chi connectivity index (χ0n) is 14.5. The molecule has 0 fully saturated rings. The second-order valence-corrected chi connectivity index (χ2v) is 5.81. The van der Waals surface area contributed by atoms with Crippen molar-refractivity contribution in [2.75, 3.05) is 24.9 Å². The van der Waals surface area contributed by atoms with E-state index < -0.39 is 0 Å². The third kappa shape index (κ3) is 4.34. The van der Waals surface area contributed by atoms with Gasteiger partial charge in [0.15, 0.2) is 11.5 Å². The molecule has 1 aromatic heterocycles. The largest absolute Gasteiger partial charge is 0.493 e. The van der Waals surface area contributed by atoms with Crippen LogP contribution in [0.2, 0.25) is 5.02 Å². The quantitative estimate of drug-likeness (QED) is 0.638. The first-order chi connectivity index (χ1) is 12.7. The van der Waals surface area contributed by atoms with Crippen molar-refractivity contribution in [3.05, 3.63) is 65.3 Å². The van der Waals surface area contributed by atoms with E-state index in [0.717, 1.165) is 16.3 Å². The van der Waals surface area contributed by atoms with Gasteiger partial charge in [0.25, 0.3) is 0 Å². The second-order valence-electron chi connectivity index (χ2n) is 5.41. The van der Waals surface area contributed by atoms with Crippen LogP contribution in [0.3, 0.4) is 0 Å². The lowest BCUT2D eigenvalue weighted by atomic mass is 10.2. The minimum atomic E-state index is 0.473. The van der Waals surface area contributed by atoms with E-state index in [9.17, 15) is 0 Å². The summed E-state index contributed by atoms with van der Waals surface area (Å²) >= 11 is 6.18. The summed E-state index contributed by atoms with van der Waals surface area (Å²) in [6.45, 7) is 0.576. The molecular weight excluding hydrogens is 352 g/mol. The summed E-state index contributed by atoms with van der Waals surface area (Å²) in [7, 11) is 3.19. The molecule has 7 heteroatoms. The lowest BCUT2D eigenvalue weighted by Gasteiger charge is -2.11. The zero-order chi connectivity index (χ0) is 18.4. The first-order valence-corrected chi connectivity index (χ1v) is 8.37. The number of anilines is 3. The Bertz CT molecular complexity index is 889. The van der Waals surface area contributed by atoms with Gasteiger partial charge in [-0.2, -0.15) is 4.98 Å². The Kier molecular flexibility index (Phi) is 5.76. The number of hydrogen-bond donors (Lipinski definition) is 2. The number of halogens is 1. The van der Waals surface area contributed by atoms with Crippen LogP contribution in [0.15, 0.2) is 54.7 Å². The number of nitrogens with one attached hydrogen (secondary N) is 2. The molecule has 3 aromatic rings. The van der Waals surface area contributed by atoms with E-state index in [1.807, 2.05) is 42.5 Å². The zero-order valence-corrected chi connectivity index (χ0v) is 15.2. The molecule has 0 saturated carbocycles. The summed E-state index contributed by atoms with van der Waals surface area (Å²) < 4.78 is 10.5. The van der Waals surface area contributed by atoms with E-state index >= 15 is 0 Å². The summed E-state index contributed by atoms with van der Waals surface area (Å²) in [6.07, 6.45) is 1.69. The topological polar surface area (TPSA) is 68.3 Å². The molecular formula is C19H19ClN4O2. The summed E-state index contributed by atoms with van der Waals surface area (Å²) in [5.41, 5.74) is 1.80. The van der Waals surface area contributed by atoms with Gasteiger partial charge in [-0.25, -0.2) is 4.98 Å². The number of ether oxygens (including phenoxy) is 2. The summed E-state index contributed by atoms with van der Waals surface area (Å²) in [5, 5.41) is 7.12. The normalized spacial score (nSPS) is 10.3. The van der Waals surface area contributed by atoms with Gasteiger partial charge in [-0.1, -0.05) is 29.8 Å². The average Bonchev–Trinajstić information content (AvgIpc) is 2.67. The van der Waals surface area contributed by atoms with Crippen LogP contribution in [0.25, 0.3) is 0 Å². The highest BCUT2D eigenvalue weighted by atomic mass is 35.5. The molecule has 2 N–H and O–H groups in total. The number of nitrogens with zero attached hydrogens (tertiary/aromatic N) is 2. The molecule has 0 spiro atoms. The number of methoxy groups -OCH3 is 2. The maximum atomic E-state index is 6.18. The molecule has 0 saturated heterocycles.